The first-order valence-corrected chi connectivity index (χ1v) is 5.45. The van der Waals surface area contributed by atoms with Gasteiger partial charge in [-0.05, 0) is 20.4 Å². The fourth-order valence-corrected chi connectivity index (χ4v) is 1.28. The Labute approximate surface area is 92.3 Å². The van der Waals surface area contributed by atoms with Crippen molar-refractivity contribution in [3.8, 4) is 6.07 Å². The number of hydrogen-bond donors (Lipinski definition) is 1. The first kappa shape index (κ1) is 13.9. The predicted molar refractivity (Wildman–Crippen MR) is 60.2 cm³/mol. The van der Waals surface area contributed by atoms with Crippen LogP contribution in [0.25, 0.3) is 0 Å². The molecule has 0 aliphatic heterocycles. The number of carbonyl (C=O) groups excluding carboxylic acids is 1. The highest BCUT2D eigenvalue weighted by atomic mass is 16.2. The zero-order valence-electron chi connectivity index (χ0n) is 9.92. The van der Waals surface area contributed by atoms with Crippen LogP contribution >= 0.6 is 0 Å². The molecule has 0 radical (unpaired) electrons. The Bertz CT molecular complexity index is 222. The van der Waals surface area contributed by atoms with E-state index >= 15 is 0 Å². The molecule has 0 spiro atoms. The fourth-order valence-electron chi connectivity index (χ4n) is 1.28. The van der Waals surface area contributed by atoms with Crippen molar-refractivity contribution in [2.24, 2.45) is 5.92 Å². The molecular formula is C11H21N3O. The van der Waals surface area contributed by atoms with Crippen molar-refractivity contribution >= 4 is 5.91 Å². The molecular weight excluding hydrogens is 190 g/mol. The molecule has 1 N–H and O–H groups in total. The molecule has 0 aliphatic rings. The van der Waals surface area contributed by atoms with Gasteiger partial charge in [0, 0.05) is 13.1 Å². The quantitative estimate of drug-likeness (QED) is 0.639. The third-order valence-corrected chi connectivity index (χ3v) is 2.07. The maximum absolute atomic E-state index is 11.4. The Kier molecular flexibility index (Phi) is 7.65. The smallest absolute Gasteiger partial charge is 0.234 e. The molecule has 1 unspecified atom stereocenters. The number of carbonyl (C=O) groups is 1. The van der Waals surface area contributed by atoms with Crippen LogP contribution < -0.4 is 5.32 Å². The summed E-state index contributed by atoms with van der Waals surface area (Å²) < 4.78 is 0. The average Bonchev–Trinajstić information content (AvgIpc) is 2.17. The molecule has 15 heavy (non-hydrogen) atoms. The highest BCUT2D eigenvalue weighted by Crippen LogP contribution is 1.95. The number of unbranched alkanes of at least 4 members (excludes halogenated alkanes) is 1. The van der Waals surface area contributed by atoms with Crippen molar-refractivity contribution in [1.82, 2.24) is 10.2 Å². The third-order valence-electron chi connectivity index (χ3n) is 2.07. The minimum atomic E-state index is -0.0292. The second kappa shape index (κ2) is 8.25. The second-order valence-corrected chi connectivity index (χ2v) is 3.93. The van der Waals surface area contributed by atoms with E-state index in [0.29, 0.717) is 13.1 Å². The fraction of sp³-hybridized carbons (Fsp3) is 0.818. The van der Waals surface area contributed by atoms with Crippen LogP contribution in [0, 0.1) is 17.2 Å². The molecule has 4 nitrogen and oxygen atoms in total. The van der Waals surface area contributed by atoms with E-state index in [-0.39, 0.29) is 11.8 Å². The summed E-state index contributed by atoms with van der Waals surface area (Å²) >= 11 is 0. The van der Waals surface area contributed by atoms with Crippen LogP contribution in [-0.2, 0) is 4.79 Å². The molecule has 0 saturated carbocycles. The standard InChI is InChI=1S/C11H21N3O/c1-4-5-6-13-11(15)9-14(3)8-10(2)7-12/h10H,4-6,8-9H2,1-3H3,(H,13,15). The third kappa shape index (κ3) is 7.95. The van der Waals surface area contributed by atoms with Gasteiger partial charge in [-0.15, -0.1) is 0 Å². The summed E-state index contributed by atoms with van der Waals surface area (Å²) in [4.78, 5) is 13.2. The number of amides is 1. The van der Waals surface area contributed by atoms with E-state index in [4.69, 9.17) is 5.26 Å². The molecule has 0 aromatic rings. The highest BCUT2D eigenvalue weighted by Gasteiger charge is 2.08. The lowest BCUT2D eigenvalue weighted by Crippen LogP contribution is -2.37. The summed E-state index contributed by atoms with van der Waals surface area (Å²) in [5, 5.41) is 11.5. The molecule has 4 heteroatoms. The lowest BCUT2D eigenvalue weighted by atomic mass is 10.2. The van der Waals surface area contributed by atoms with E-state index in [1.807, 2.05) is 18.9 Å². The Morgan fingerprint density at radius 1 is 1.60 bits per heavy atom. The molecule has 0 aliphatic carbocycles. The summed E-state index contributed by atoms with van der Waals surface area (Å²) in [6, 6.07) is 2.15. The van der Waals surface area contributed by atoms with E-state index in [9.17, 15) is 4.79 Å². The first-order chi connectivity index (χ1) is 7.10. The second-order valence-electron chi connectivity index (χ2n) is 3.93. The summed E-state index contributed by atoms with van der Waals surface area (Å²) in [6.45, 7) is 5.70. The lowest BCUT2D eigenvalue weighted by Gasteiger charge is -2.17. The van der Waals surface area contributed by atoms with Gasteiger partial charge in [-0.25, -0.2) is 0 Å². The molecule has 0 fully saturated rings. The van der Waals surface area contributed by atoms with Gasteiger partial charge in [0.25, 0.3) is 0 Å². The van der Waals surface area contributed by atoms with Crippen LogP contribution in [0.1, 0.15) is 26.7 Å². The molecule has 0 aromatic carbocycles. The van der Waals surface area contributed by atoms with E-state index in [0.717, 1.165) is 19.4 Å². The zero-order chi connectivity index (χ0) is 11.7. The highest BCUT2D eigenvalue weighted by molar-refractivity contribution is 5.77. The van der Waals surface area contributed by atoms with Crippen molar-refractivity contribution in [3.63, 3.8) is 0 Å². The van der Waals surface area contributed by atoms with E-state index in [1.165, 1.54) is 0 Å². The Balaban J connectivity index is 3.63. The SMILES string of the molecule is CCCCNC(=O)CN(C)CC(C)C#N. The van der Waals surface area contributed by atoms with Gasteiger partial charge in [0.2, 0.25) is 5.91 Å². The number of nitriles is 1. The predicted octanol–water partition coefficient (Wildman–Crippen LogP) is 0.994. The van der Waals surface area contributed by atoms with Gasteiger partial charge < -0.3 is 5.32 Å². The average molecular weight is 211 g/mol. The number of nitrogens with zero attached hydrogens (tertiary/aromatic N) is 2. The van der Waals surface area contributed by atoms with E-state index in [1.54, 1.807) is 0 Å². The van der Waals surface area contributed by atoms with Gasteiger partial charge in [-0.3, -0.25) is 9.69 Å². The maximum atomic E-state index is 11.4. The van der Waals surface area contributed by atoms with Gasteiger partial charge in [-0.2, -0.15) is 5.26 Å². The number of likely N-dealkylation sites (N-methyl/N-ethyl adjacent to an activating group) is 1. The van der Waals surface area contributed by atoms with Crippen LogP contribution in [0.4, 0.5) is 0 Å². The van der Waals surface area contributed by atoms with Gasteiger partial charge in [-0.1, -0.05) is 13.3 Å². The first-order valence-electron chi connectivity index (χ1n) is 5.45. The molecule has 1 atom stereocenters. The molecule has 0 saturated heterocycles. The summed E-state index contributed by atoms with van der Waals surface area (Å²) in [5.41, 5.74) is 0. The zero-order valence-corrected chi connectivity index (χ0v) is 9.92. The van der Waals surface area contributed by atoms with Crippen molar-refractivity contribution in [2.75, 3.05) is 26.7 Å². The molecule has 0 rings (SSSR count). The molecule has 1 amide bonds. The molecule has 0 bridgehead atoms. The Hall–Kier alpha value is -1.08. The number of rotatable bonds is 7. The maximum Gasteiger partial charge on any atom is 0.234 e. The van der Waals surface area contributed by atoms with Gasteiger partial charge >= 0.3 is 0 Å². The van der Waals surface area contributed by atoms with Crippen molar-refractivity contribution < 1.29 is 4.79 Å². The van der Waals surface area contributed by atoms with Gasteiger partial charge in [0.1, 0.15) is 0 Å². The Morgan fingerprint density at radius 3 is 2.80 bits per heavy atom. The molecule has 86 valence electrons. The lowest BCUT2D eigenvalue weighted by molar-refractivity contribution is -0.122. The largest absolute Gasteiger partial charge is 0.355 e. The van der Waals surface area contributed by atoms with Crippen LogP contribution in [0.2, 0.25) is 0 Å². The minimum Gasteiger partial charge on any atom is -0.355 e. The normalized spacial score (nSPS) is 12.2. The van der Waals surface area contributed by atoms with Crippen LogP contribution in [0.15, 0.2) is 0 Å². The van der Waals surface area contributed by atoms with Gasteiger partial charge in [0.05, 0.1) is 18.5 Å². The number of hydrogen-bond acceptors (Lipinski definition) is 3. The monoisotopic (exact) mass is 211 g/mol. The van der Waals surface area contributed by atoms with Crippen molar-refractivity contribution in [1.29, 1.82) is 5.26 Å². The van der Waals surface area contributed by atoms with Crippen LogP contribution in [0.5, 0.6) is 0 Å². The molecule has 0 aromatic heterocycles. The summed E-state index contributed by atoms with van der Waals surface area (Å²) in [7, 11) is 1.85. The van der Waals surface area contributed by atoms with Crippen molar-refractivity contribution in [3.05, 3.63) is 0 Å². The molecule has 0 heterocycles. The summed E-state index contributed by atoms with van der Waals surface area (Å²) in [6.07, 6.45) is 2.10. The number of nitrogens with one attached hydrogen (secondary N) is 1. The van der Waals surface area contributed by atoms with E-state index in [2.05, 4.69) is 18.3 Å². The van der Waals surface area contributed by atoms with Gasteiger partial charge in [0.15, 0.2) is 0 Å². The van der Waals surface area contributed by atoms with Crippen molar-refractivity contribution in [2.45, 2.75) is 26.7 Å². The minimum absolute atomic E-state index is 0.0292. The van der Waals surface area contributed by atoms with E-state index < -0.39 is 0 Å². The topological polar surface area (TPSA) is 56.1 Å². The van der Waals surface area contributed by atoms with Crippen LogP contribution in [-0.4, -0.2) is 37.5 Å². The van der Waals surface area contributed by atoms with Crippen LogP contribution in [0.3, 0.4) is 0 Å². The Morgan fingerprint density at radius 2 is 2.27 bits per heavy atom. The summed E-state index contributed by atoms with van der Waals surface area (Å²) in [5.74, 6) is 0.00883.